The summed E-state index contributed by atoms with van der Waals surface area (Å²) in [4.78, 5) is 15.7. The van der Waals surface area contributed by atoms with Gasteiger partial charge in [-0.15, -0.1) is 0 Å². The number of amides is 1. The van der Waals surface area contributed by atoms with Crippen molar-refractivity contribution in [2.24, 2.45) is 0 Å². The van der Waals surface area contributed by atoms with Gasteiger partial charge in [0.1, 0.15) is 11.5 Å². The van der Waals surface area contributed by atoms with Crippen LogP contribution in [0.5, 0.6) is 11.5 Å². The molecule has 1 aromatic carbocycles. The lowest BCUT2D eigenvalue weighted by Crippen LogP contribution is -2.12. The van der Waals surface area contributed by atoms with Crippen LogP contribution in [0.1, 0.15) is 10.4 Å². The number of aromatic nitrogens is 1. The third-order valence-corrected chi connectivity index (χ3v) is 2.40. The predicted octanol–water partition coefficient (Wildman–Crippen LogP) is 2.05. The van der Waals surface area contributed by atoms with Crippen LogP contribution in [0, 0.1) is 0 Å². The maximum Gasteiger partial charge on any atom is 0.259 e. The number of methoxy groups -OCH3 is 1. The number of rotatable bonds is 3. The van der Waals surface area contributed by atoms with Gasteiger partial charge in [0, 0.05) is 6.20 Å². The van der Waals surface area contributed by atoms with E-state index >= 15 is 0 Å². The minimum absolute atomic E-state index is 0.162. The Bertz CT molecular complexity index is 570. The molecule has 92 valence electrons. The van der Waals surface area contributed by atoms with Gasteiger partial charge in [-0.3, -0.25) is 9.78 Å². The fourth-order valence-corrected chi connectivity index (χ4v) is 1.52. The molecule has 0 fully saturated rings. The summed E-state index contributed by atoms with van der Waals surface area (Å²) in [7, 11) is 1.52. The predicted molar refractivity (Wildman–Crippen MR) is 66.8 cm³/mol. The molecule has 0 aliphatic heterocycles. The molecule has 0 saturated carbocycles. The summed E-state index contributed by atoms with van der Waals surface area (Å²) in [6.45, 7) is 0. The first kappa shape index (κ1) is 11.9. The number of carbonyl (C=O) groups excluding carboxylic acids is 1. The SMILES string of the molecule is COc1ccccc1NC(=O)c1ccncc1O. The number of aromatic hydroxyl groups is 1. The van der Waals surface area contributed by atoms with Gasteiger partial charge in [-0.2, -0.15) is 0 Å². The number of nitrogens with one attached hydrogen (secondary N) is 1. The van der Waals surface area contributed by atoms with Crippen molar-refractivity contribution in [3.05, 3.63) is 48.3 Å². The molecule has 1 amide bonds. The molecule has 0 unspecified atom stereocenters. The van der Waals surface area contributed by atoms with E-state index in [9.17, 15) is 9.90 Å². The Morgan fingerprint density at radius 3 is 2.83 bits per heavy atom. The molecule has 18 heavy (non-hydrogen) atoms. The van der Waals surface area contributed by atoms with Gasteiger partial charge in [-0.25, -0.2) is 0 Å². The minimum Gasteiger partial charge on any atom is -0.505 e. The molecule has 1 aromatic heterocycles. The monoisotopic (exact) mass is 244 g/mol. The van der Waals surface area contributed by atoms with Crippen LogP contribution in [0.15, 0.2) is 42.7 Å². The molecule has 0 bridgehead atoms. The van der Waals surface area contributed by atoms with Gasteiger partial charge >= 0.3 is 0 Å². The lowest BCUT2D eigenvalue weighted by atomic mass is 10.2. The number of benzene rings is 1. The molecule has 0 aliphatic rings. The van der Waals surface area contributed by atoms with E-state index in [-0.39, 0.29) is 11.3 Å². The van der Waals surface area contributed by atoms with Crippen LogP contribution in [0.25, 0.3) is 0 Å². The minimum atomic E-state index is -0.417. The Kier molecular flexibility index (Phi) is 3.43. The van der Waals surface area contributed by atoms with E-state index in [4.69, 9.17) is 4.74 Å². The van der Waals surface area contributed by atoms with E-state index < -0.39 is 5.91 Å². The summed E-state index contributed by atoms with van der Waals surface area (Å²) < 4.78 is 5.12. The highest BCUT2D eigenvalue weighted by atomic mass is 16.5. The molecule has 0 aliphatic carbocycles. The fraction of sp³-hybridized carbons (Fsp3) is 0.0769. The maximum atomic E-state index is 11.9. The van der Waals surface area contributed by atoms with Gasteiger partial charge in [-0.05, 0) is 18.2 Å². The zero-order valence-electron chi connectivity index (χ0n) is 9.75. The topological polar surface area (TPSA) is 71.5 Å². The van der Waals surface area contributed by atoms with E-state index in [1.54, 1.807) is 24.3 Å². The number of ether oxygens (including phenoxy) is 1. The van der Waals surface area contributed by atoms with Crippen molar-refractivity contribution in [2.75, 3.05) is 12.4 Å². The van der Waals surface area contributed by atoms with Gasteiger partial charge in [-0.1, -0.05) is 12.1 Å². The van der Waals surface area contributed by atoms with Crippen LogP contribution < -0.4 is 10.1 Å². The number of hydrogen-bond acceptors (Lipinski definition) is 4. The molecular formula is C13H12N2O3. The number of hydrogen-bond donors (Lipinski definition) is 2. The zero-order valence-corrected chi connectivity index (χ0v) is 9.75. The normalized spacial score (nSPS) is 9.83. The first-order valence-corrected chi connectivity index (χ1v) is 5.29. The molecule has 5 heteroatoms. The number of anilines is 1. The van der Waals surface area contributed by atoms with Crippen LogP contribution in [-0.2, 0) is 0 Å². The smallest absolute Gasteiger partial charge is 0.259 e. The quantitative estimate of drug-likeness (QED) is 0.866. The Hall–Kier alpha value is -2.56. The number of pyridine rings is 1. The van der Waals surface area contributed by atoms with Crippen LogP contribution >= 0.6 is 0 Å². The van der Waals surface area contributed by atoms with Gasteiger partial charge in [0.05, 0.1) is 24.6 Å². The average Bonchev–Trinajstić information content (AvgIpc) is 2.39. The van der Waals surface area contributed by atoms with Crippen molar-refractivity contribution in [1.29, 1.82) is 0 Å². The van der Waals surface area contributed by atoms with Crippen molar-refractivity contribution in [2.45, 2.75) is 0 Å². The summed E-state index contributed by atoms with van der Waals surface area (Å²) in [5, 5.41) is 12.2. The standard InChI is InChI=1S/C13H12N2O3/c1-18-12-5-3-2-4-10(12)15-13(17)9-6-7-14-8-11(9)16/h2-8,16H,1H3,(H,15,17). The van der Waals surface area contributed by atoms with Crippen molar-refractivity contribution in [3.8, 4) is 11.5 Å². The number of nitrogens with zero attached hydrogens (tertiary/aromatic N) is 1. The largest absolute Gasteiger partial charge is 0.505 e. The van der Waals surface area contributed by atoms with Gasteiger partial charge < -0.3 is 15.2 Å². The van der Waals surface area contributed by atoms with Crippen LogP contribution in [0.2, 0.25) is 0 Å². The third-order valence-electron chi connectivity index (χ3n) is 2.40. The molecule has 0 atom stereocenters. The molecule has 0 radical (unpaired) electrons. The van der Waals surface area contributed by atoms with Crippen molar-refractivity contribution in [3.63, 3.8) is 0 Å². The Morgan fingerprint density at radius 2 is 2.11 bits per heavy atom. The number of carbonyl (C=O) groups is 1. The van der Waals surface area contributed by atoms with E-state index in [2.05, 4.69) is 10.3 Å². The first-order valence-electron chi connectivity index (χ1n) is 5.29. The molecule has 0 saturated heterocycles. The highest BCUT2D eigenvalue weighted by Gasteiger charge is 2.12. The van der Waals surface area contributed by atoms with E-state index in [1.165, 1.54) is 25.6 Å². The summed E-state index contributed by atoms with van der Waals surface area (Å²) in [6, 6.07) is 8.49. The molecule has 5 nitrogen and oxygen atoms in total. The lowest BCUT2D eigenvalue weighted by molar-refractivity contribution is 0.102. The van der Waals surface area contributed by atoms with Crippen LogP contribution in [0.3, 0.4) is 0 Å². The highest BCUT2D eigenvalue weighted by Crippen LogP contribution is 2.24. The zero-order chi connectivity index (χ0) is 13.0. The van der Waals surface area contributed by atoms with Gasteiger partial charge in [0.25, 0.3) is 5.91 Å². The van der Waals surface area contributed by atoms with Gasteiger partial charge in [0.15, 0.2) is 0 Å². The maximum absolute atomic E-state index is 11.9. The van der Waals surface area contributed by atoms with Crippen molar-refractivity contribution < 1.29 is 14.6 Å². The number of para-hydroxylation sites is 2. The summed E-state index contributed by atoms with van der Waals surface area (Å²) in [5.74, 6) is -0.0244. The summed E-state index contributed by atoms with van der Waals surface area (Å²) >= 11 is 0. The van der Waals surface area contributed by atoms with Crippen molar-refractivity contribution in [1.82, 2.24) is 4.98 Å². The van der Waals surface area contributed by atoms with Gasteiger partial charge in [0.2, 0.25) is 0 Å². The molecular weight excluding hydrogens is 232 g/mol. The Morgan fingerprint density at radius 1 is 1.33 bits per heavy atom. The van der Waals surface area contributed by atoms with E-state index in [0.29, 0.717) is 11.4 Å². The van der Waals surface area contributed by atoms with E-state index in [0.717, 1.165) is 0 Å². The Balaban J connectivity index is 2.24. The average molecular weight is 244 g/mol. The fourth-order valence-electron chi connectivity index (χ4n) is 1.52. The summed E-state index contributed by atoms with van der Waals surface area (Å²) in [5.41, 5.74) is 0.706. The lowest BCUT2D eigenvalue weighted by Gasteiger charge is -2.10. The second kappa shape index (κ2) is 5.18. The first-order chi connectivity index (χ1) is 8.72. The molecule has 2 rings (SSSR count). The van der Waals surface area contributed by atoms with Crippen molar-refractivity contribution >= 4 is 11.6 Å². The molecule has 0 spiro atoms. The van der Waals surface area contributed by atoms with Crippen LogP contribution in [-0.4, -0.2) is 23.1 Å². The third kappa shape index (κ3) is 2.40. The second-order valence-corrected chi connectivity index (χ2v) is 3.55. The van der Waals surface area contributed by atoms with E-state index in [1.807, 2.05) is 0 Å². The second-order valence-electron chi connectivity index (χ2n) is 3.55. The molecule has 2 aromatic rings. The summed E-state index contributed by atoms with van der Waals surface area (Å²) in [6.07, 6.45) is 2.66. The van der Waals surface area contributed by atoms with Crippen LogP contribution in [0.4, 0.5) is 5.69 Å². The highest BCUT2D eigenvalue weighted by molar-refractivity contribution is 6.06. The Labute approximate surface area is 104 Å². The molecule has 2 N–H and O–H groups in total. The molecule has 1 heterocycles.